The molecule has 0 amide bonds. The smallest absolute Gasteiger partial charge is 0.416 e. The van der Waals surface area contributed by atoms with E-state index in [1.165, 1.54) is 6.26 Å². The lowest BCUT2D eigenvalue weighted by molar-refractivity contribution is -0.137. The number of aromatic nitrogens is 2. The molecule has 0 radical (unpaired) electrons. The summed E-state index contributed by atoms with van der Waals surface area (Å²) in [6, 6.07) is 6.14. The van der Waals surface area contributed by atoms with Crippen LogP contribution in [0.25, 0.3) is 23.0 Å². The minimum Gasteiger partial charge on any atom is -0.461 e. The highest BCUT2D eigenvalue weighted by molar-refractivity contribution is 5.72. The summed E-state index contributed by atoms with van der Waals surface area (Å²) < 4.78 is 48.2. The van der Waals surface area contributed by atoms with Crippen molar-refractivity contribution in [1.29, 1.82) is 0 Å². The van der Waals surface area contributed by atoms with E-state index in [1.54, 1.807) is 12.1 Å². The van der Waals surface area contributed by atoms with Gasteiger partial charge in [-0.05, 0) is 30.3 Å². The van der Waals surface area contributed by atoms with Gasteiger partial charge in [-0.15, -0.1) is 0 Å². The van der Waals surface area contributed by atoms with Gasteiger partial charge in [-0.1, -0.05) is 5.16 Å². The summed E-state index contributed by atoms with van der Waals surface area (Å²) in [5.41, 5.74) is 4.96. The molecule has 3 rings (SSSR count). The number of halogens is 3. The quantitative estimate of drug-likeness (QED) is 0.731. The van der Waals surface area contributed by atoms with Crippen LogP contribution in [0.5, 0.6) is 0 Å². The molecule has 2 aromatic heterocycles. The number of benzene rings is 1. The molecule has 0 aliphatic rings. The first kappa shape index (κ1) is 13.2. The van der Waals surface area contributed by atoms with Gasteiger partial charge in [0, 0.05) is 5.69 Å². The van der Waals surface area contributed by atoms with Crippen LogP contribution in [0, 0.1) is 0 Å². The summed E-state index contributed by atoms with van der Waals surface area (Å²) >= 11 is 0. The zero-order valence-electron chi connectivity index (χ0n) is 10.4. The Bertz CT molecular complexity index is 763. The largest absolute Gasteiger partial charge is 0.461 e. The van der Waals surface area contributed by atoms with E-state index in [-0.39, 0.29) is 23.0 Å². The topological polar surface area (TPSA) is 78.1 Å². The summed E-state index contributed by atoms with van der Waals surface area (Å²) in [5.74, 6) is 0.368. The van der Waals surface area contributed by atoms with Crippen LogP contribution in [-0.4, -0.2) is 10.1 Å². The molecule has 0 spiro atoms. The normalized spacial score (nSPS) is 11.8. The predicted octanol–water partition coefficient (Wildman–Crippen LogP) is 3.60. The monoisotopic (exact) mass is 295 g/mol. The molecule has 21 heavy (non-hydrogen) atoms. The maximum absolute atomic E-state index is 12.7. The van der Waals surface area contributed by atoms with E-state index in [9.17, 15) is 13.2 Å². The van der Waals surface area contributed by atoms with Gasteiger partial charge in [-0.25, -0.2) is 0 Å². The van der Waals surface area contributed by atoms with Crippen LogP contribution in [0.2, 0.25) is 0 Å². The molecule has 108 valence electrons. The van der Waals surface area contributed by atoms with Crippen molar-refractivity contribution >= 4 is 5.69 Å². The Morgan fingerprint density at radius 3 is 2.62 bits per heavy atom. The highest BCUT2D eigenvalue weighted by atomic mass is 19.4. The van der Waals surface area contributed by atoms with Crippen LogP contribution in [0.3, 0.4) is 0 Å². The predicted molar refractivity (Wildman–Crippen MR) is 66.9 cm³/mol. The van der Waals surface area contributed by atoms with Gasteiger partial charge in [0.1, 0.15) is 0 Å². The Balaban J connectivity index is 2.04. The van der Waals surface area contributed by atoms with Gasteiger partial charge < -0.3 is 14.7 Å². The molecule has 0 aliphatic heterocycles. The molecule has 8 heteroatoms. The Morgan fingerprint density at radius 1 is 1.14 bits per heavy atom. The van der Waals surface area contributed by atoms with E-state index in [0.717, 1.165) is 18.2 Å². The third kappa shape index (κ3) is 2.47. The lowest BCUT2D eigenvalue weighted by Crippen LogP contribution is -2.05. The highest BCUT2D eigenvalue weighted by Crippen LogP contribution is 2.35. The van der Waals surface area contributed by atoms with Crippen LogP contribution < -0.4 is 5.73 Å². The van der Waals surface area contributed by atoms with E-state index in [0.29, 0.717) is 5.76 Å². The zero-order valence-corrected chi connectivity index (χ0v) is 10.4. The second-order valence-electron chi connectivity index (χ2n) is 4.20. The molecular weight excluding hydrogens is 287 g/mol. The summed E-state index contributed by atoms with van der Waals surface area (Å²) in [7, 11) is 0. The van der Waals surface area contributed by atoms with Gasteiger partial charge >= 0.3 is 6.18 Å². The molecule has 0 bridgehead atoms. The van der Waals surface area contributed by atoms with E-state index >= 15 is 0 Å². The molecular formula is C13H8F3N3O2. The molecule has 3 aromatic rings. The fourth-order valence-electron chi connectivity index (χ4n) is 1.76. The molecule has 5 nitrogen and oxygen atoms in total. The van der Waals surface area contributed by atoms with Crippen LogP contribution in [0.1, 0.15) is 5.56 Å². The molecule has 0 unspecified atom stereocenters. The van der Waals surface area contributed by atoms with Crippen molar-refractivity contribution in [3.63, 3.8) is 0 Å². The van der Waals surface area contributed by atoms with Crippen molar-refractivity contribution in [3.8, 4) is 23.0 Å². The molecule has 2 heterocycles. The van der Waals surface area contributed by atoms with Crippen molar-refractivity contribution in [1.82, 2.24) is 10.1 Å². The number of anilines is 1. The maximum atomic E-state index is 12.7. The third-order valence-corrected chi connectivity index (χ3v) is 2.78. The number of nitrogen functional groups attached to an aromatic ring is 1. The van der Waals surface area contributed by atoms with Crippen molar-refractivity contribution in [2.75, 3.05) is 5.73 Å². The lowest BCUT2D eigenvalue weighted by Gasteiger charge is -2.08. The molecule has 0 saturated heterocycles. The SMILES string of the molecule is Nc1ccc(C(F)(F)F)cc1-c1nc(-c2ccco2)no1. The number of alkyl halides is 3. The van der Waals surface area contributed by atoms with E-state index in [1.807, 2.05) is 0 Å². The lowest BCUT2D eigenvalue weighted by atomic mass is 10.1. The maximum Gasteiger partial charge on any atom is 0.416 e. The van der Waals surface area contributed by atoms with Crippen LogP contribution in [0.15, 0.2) is 45.5 Å². The van der Waals surface area contributed by atoms with E-state index in [2.05, 4.69) is 10.1 Å². The molecule has 1 aromatic carbocycles. The van der Waals surface area contributed by atoms with E-state index in [4.69, 9.17) is 14.7 Å². The van der Waals surface area contributed by atoms with Gasteiger partial charge in [-0.2, -0.15) is 18.2 Å². The fourth-order valence-corrected chi connectivity index (χ4v) is 1.76. The average Bonchev–Trinajstić information content (AvgIpc) is 3.09. The van der Waals surface area contributed by atoms with E-state index < -0.39 is 11.7 Å². The second kappa shape index (κ2) is 4.65. The molecule has 0 aliphatic carbocycles. The molecule has 0 fully saturated rings. The van der Waals surface area contributed by atoms with Gasteiger partial charge in [0.05, 0.1) is 17.4 Å². The van der Waals surface area contributed by atoms with Crippen molar-refractivity contribution in [2.24, 2.45) is 0 Å². The number of hydrogen-bond donors (Lipinski definition) is 1. The van der Waals surface area contributed by atoms with Gasteiger partial charge in [0.15, 0.2) is 5.76 Å². The number of rotatable bonds is 2. The molecule has 0 saturated carbocycles. The Labute approximate surface area is 116 Å². The average molecular weight is 295 g/mol. The fraction of sp³-hybridized carbons (Fsp3) is 0.0769. The second-order valence-corrected chi connectivity index (χ2v) is 4.20. The van der Waals surface area contributed by atoms with Crippen LogP contribution in [0.4, 0.5) is 18.9 Å². The first-order valence-electron chi connectivity index (χ1n) is 5.80. The minimum absolute atomic E-state index is 0.0233. The third-order valence-electron chi connectivity index (χ3n) is 2.78. The Hall–Kier alpha value is -2.77. The van der Waals surface area contributed by atoms with Crippen molar-refractivity contribution in [3.05, 3.63) is 42.2 Å². The number of nitrogens with two attached hydrogens (primary N) is 1. The first-order chi connectivity index (χ1) is 9.95. The Morgan fingerprint density at radius 2 is 1.95 bits per heavy atom. The number of hydrogen-bond acceptors (Lipinski definition) is 5. The van der Waals surface area contributed by atoms with Crippen LogP contribution >= 0.6 is 0 Å². The summed E-state index contributed by atoms with van der Waals surface area (Å²) in [4.78, 5) is 3.99. The molecule has 2 N–H and O–H groups in total. The zero-order chi connectivity index (χ0) is 15.0. The summed E-state index contributed by atoms with van der Waals surface area (Å²) in [6.07, 6.45) is -3.06. The minimum atomic E-state index is -4.48. The van der Waals surface area contributed by atoms with Gasteiger partial charge in [0.25, 0.3) is 5.89 Å². The number of furan rings is 1. The highest BCUT2D eigenvalue weighted by Gasteiger charge is 2.31. The first-order valence-corrected chi connectivity index (χ1v) is 5.80. The number of nitrogens with zero attached hydrogens (tertiary/aromatic N) is 2. The van der Waals surface area contributed by atoms with Crippen molar-refractivity contribution < 1.29 is 22.1 Å². The Kier molecular flexibility index (Phi) is 2.93. The molecule has 0 atom stereocenters. The van der Waals surface area contributed by atoms with Crippen molar-refractivity contribution in [2.45, 2.75) is 6.18 Å². The van der Waals surface area contributed by atoms with Gasteiger partial charge in [0.2, 0.25) is 5.82 Å². The summed E-state index contributed by atoms with van der Waals surface area (Å²) in [6.45, 7) is 0. The van der Waals surface area contributed by atoms with Gasteiger partial charge in [-0.3, -0.25) is 0 Å². The van der Waals surface area contributed by atoms with Crippen LogP contribution in [-0.2, 0) is 6.18 Å². The standard InChI is InChI=1S/C13H8F3N3O2/c14-13(15,16)7-3-4-9(17)8(6-7)12-18-11(19-21-12)10-2-1-5-20-10/h1-6H,17H2. The summed E-state index contributed by atoms with van der Waals surface area (Å²) in [5, 5.41) is 3.65.